The van der Waals surface area contributed by atoms with E-state index < -0.39 is 23.6 Å². The first-order valence-corrected chi connectivity index (χ1v) is 6.52. The third-order valence-corrected chi connectivity index (χ3v) is 3.05. The second-order valence-electron chi connectivity index (χ2n) is 6.23. The Kier molecular flexibility index (Phi) is 3.88. The van der Waals surface area contributed by atoms with E-state index in [-0.39, 0.29) is 25.1 Å². The summed E-state index contributed by atoms with van der Waals surface area (Å²) in [6.45, 7) is 7.64. The fraction of sp³-hybridized carbons (Fsp3) is 0.923. The molecule has 2 heterocycles. The predicted molar refractivity (Wildman–Crippen MR) is 65.4 cm³/mol. The van der Waals surface area contributed by atoms with Crippen LogP contribution < -0.4 is 0 Å². The Hall–Kier alpha value is -0.690. The highest BCUT2D eigenvalue weighted by Gasteiger charge is 2.48. The lowest BCUT2D eigenvalue weighted by molar-refractivity contribution is -0.310. The summed E-state index contributed by atoms with van der Waals surface area (Å²) in [7, 11) is 0. The van der Waals surface area contributed by atoms with Crippen LogP contribution in [0.5, 0.6) is 0 Å². The maximum absolute atomic E-state index is 11.8. The van der Waals surface area contributed by atoms with Crippen molar-refractivity contribution < 1.29 is 28.8 Å². The van der Waals surface area contributed by atoms with E-state index in [0.717, 1.165) is 0 Å². The first kappa shape index (κ1) is 14.7. The molecule has 19 heavy (non-hydrogen) atoms. The van der Waals surface area contributed by atoms with Gasteiger partial charge in [0.2, 0.25) is 0 Å². The zero-order valence-electron chi connectivity index (χ0n) is 11.8. The van der Waals surface area contributed by atoms with E-state index in [9.17, 15) is 9.90 Å². The maximum Gasteiger partial charge on any atom is 0.311 e. The molecule has 2 fully saturated rings. The number of ether oxygens (including phenoxy) is 4. The Morgan fingerprint density at radius 2 is 2.11 bits per heavy atom. The highest BCUT2D eigenvalue weighted by molar-refractivity contribution is 5.70. The van der Waals surface area contributed by atoms with Crippen LogP contribution in [0, 0.1) is 0 Å². The van der Waals surface area contributed by atoms with Crippen molar-refractivity contribution in [1.29, 1.82) is 0 Å². The Labute approximate surface area is 113 Å². The number of aliphatic hydroxyl groups excluding tert-OH is 1. The second kappa shape index (κ2) is 5.01. The summed E-state index contributed by atoms with van der Waals surface area (Å²) in [5.41, 5.74) is -0.541. The molecule has 0 radical (unpaired) electrons. The van der Waals surface area contributed by atoms with Crippen LogP contribution in [-0.2, 0) is 23.7 Å². The fourth-order valence-corrected chi connectivity index (χ4v) is 2.27. The largest absolute Gasteiger partial charge is 0.460 e. The number of rotatable bonds is 2. The number of aliphatic hydroxyl groups is 1. The number of hydrogen-bond acceptors (Lipinski definition) is 6. The summed E-state index contributed by atoms with van der Waals surface area (Å²) in [6.07, 6.45) is -1.39. The van der Waals surface area contributed by atoms with Gasteiger partial charge < -0.3 is 24.1 Å². The van der Waals surface area contributed by atoms with Gasteiger partial charge in [0.15, 0.2) is 5.79 Å². The highest BCUT2D eigenvalue weighted by atomic mass is 16.7. The van der Waals surface area contributed by atoms with Gasteiger partial charge in [0.1, 0.15) is 23.9 Å². The molecule has 0 saturated carbocycles. The number of hydrogen-bond donors (Lipinski definition) is 1. The molecule has 2 rings (SSSR count). The zero-order valence-corrected chi connectivity index (χ0v) is 11.8. The summed E-state index contributed by atoms with van der Waals surface area (Å²) in [4.78, 5) is 11.8. The topological polar surface area (TPSA) is 74.2 Å². The minimum absolute atomic E-state index is 0.0137. The van der Waals surface area contributed by atoms with Gasteiger partial charge in [-0.25, -0.2) is 0 Å². The van der Waals surface area contributed by atoms with E-state index in [2.05, 4.69) is 0 Å². The van der Waals surface area contributed by atoms with Gasteiger partial charge in [-0.15, -0.1) is 0 Å². The molecule has 1 N–H and O–H groups in total. The average molecular weight is 274 g/mol. The van der Waals surface area contributed by atoms with Crippen molar-refractivity contribution in [2.75, 3.05) is 13.2 Å². The molecule has 0 bridgehead atoms. The maximum atomic E-state index is 11.8. The summed E-state index contributed by atoms with van der Waals surface area (Å²) < 4.78 is 21.8. The normalized spacial score (nSPS) is 38.9. The smallest absolute Gasteiger partial charge is 0.311 e. The van der Waals surface area contributed by atoms with E-state index in [4.69, 9.17) is 18.9 Å². The van der Waals surface area contributed by atoms with Crippen molar-refractivity contribution >= 4 is 5.97 Å². The molecule has 0 aromatic rings. The standard InChI is InChI=1S/C13H22O6/c1-12(2,3)18-10(15)5-13(4)17-7-9-11(19-13)8(14)6-16-9/h8-9,11,14H,5-7H2,1-4H3/t8-,9+,11+,13+/m1/s1. The summed E-state index contributed by atoms with van der Waals surface area (Å²) in [6, 6.07) is 0. The van der Waals surface area contributed by atoms with Crippen molar-refractivity contribution in [3.63, 3.8) is 0 Å². The number of carbonyl (C=O) groups excluding carboxylic acids is 1. The Bertz CT molecular complexity index is 350. The first-order chi connectivity index (χ1) is 8.69. The molecule has 2 aliphatic rings. The molecule has 0 unspecified atom stereocenters. The molecule has 110 valence electrons. The van der Waals surface area contributed by atoms with Crippen LogP contribution in [0.4, 0.5) is 0 Å². The molecule has 6 nitrogen and oxygen atoms in total. The van der Waals surface area contributed by atoms with Crippen LogP contribution in [0.1, 0.15) is 34.1 Å². The SMILES string of the molecule is CC(C)(C)OC(=O)C[C@@]1(C)OC[C@@H]2OC[C@@H](O)[C@@H]2O1. The molecule has 0 aliphatic carbocycles. The monoisotopic (exact) mass is 274 g/mol. The van der Waals surface area contributed by atoms with Crippen molar-refractivity contribution in [2.45, 2.75) is 63.8 Å². The van der Waals surface area contributed by atoms with Crippen molar-refractivity contribution in [1.82, 2.24) is 0 Å². The summed E-state index contributed by atoms with van der Waals surface area (Å²) in [5, 5.41) is 9.76. The first-order valence-electron chi connectivity index (χ1n) is 6.52. The molecule has 0 aromatic heterocycles. The summed E-state index contributed by atoms with van der Waals surface area (Å²) in [5.74, 6) is -1.46. The Morgan fingerprint density at radius 3 is 2.74 bits per heavy atom. The number of carbonyl (C=O) groups is 1. The lowest BCUT2D eigenvalue weighted by Gasteiger charge is -2.40. The number of esters is 1. The van der Waals surface area contributed by atoms with Crippen molar-refractivity contribution in [3.05, 3.63) is 0 Å². The summed E-state index contributed by atoms with van der Waals surface area (Å²) >= 11 is 0. The fourth-order valence-electron chi connectivity index (χ4n) is 2.27. The molecule has 0 spiro atoms. The molecule has 2 aliphatic heterocycles. The molecular formula is C13H22O6. The van der Waals surface area contributed by atoms with Crippen LogP contribution in [0.15, 0.2) is 0 Å². The van der Waals surface area contributed by atoms with Crippen LogP contribution in [0.3, 0.4) is 0 Å². The molecule has 6 heteroatoms. The third-order valence-electron chi connectivity index (χ3n) is 3.05. The van der Waals surface area contributed by atoms with E-state index in [0.29, 0.717) is 6.61 Å². The van der Waals surface area contributed by atoms with Gasteiger partial charge in [-0.05, 0) is 27.7 Å². The van der Waals surface area contributed by atoms with Crippen molar-refractivity contribution in [3.8, 4) is 0 Å². The van der Waals surface area contributed by atoms with Crippen LogP contribution >= 0.6 is 0 Å². The minimum atomic E-state index is -1.07. The van der Waals surface area contributed by atoms with Crippen LogP contribution in [-0.4, -0.2) is 54.0 Å². The third kappa shape index (κ3) is 3.66. The van der Waals surface area contributed by atoms with E-state index in [1.807, 2.05) is 0 Å². The predicted octanol–water partition coefficient (Wildman–Crippen LogP) is 0.609. The molecule has 2 saturated heterocycles. The van der Waals surface area contributed by atoms with Gasteiger partial charge in [0.05, 0.1) is 19.6 Å². The van der Waals surface area contributed by atoms with E-state index in [1.165, 1.54) is 0 Å². The van der Waals surface area contributed by atoms with Crippen molar-refractivity contribution in [2.24, 2.45) is 0 Å². The zero-order chi connectivity index (χ0) is 14.3. The van der Waals surface area contributed by atoms with Gasteiger partial charge in [-0.1, -0.05) is 0 Å². The van der Waals surface area contributed by atoms with Crippen LogP contribution in [0.2, 0.25) is 0 Å². The van der Waals surface area contributed by atoms with Gasteiger partial charge in [0.25, 0.3) is 0 Å². The second-order valence-corrected chi connectivity index (χ2v) is 6.23. The van der Waals surface area contributed by atoms with E-state index >= 15 is 0 Å². The highest BCUT2D eigenvalue weighted by Crippen LogP contribution is 2.33. The Morgan fingerprint density at radius 1 is 1.42 bits per heavy atom. The van der Waals surface area contributed by atoms with Gasteiger partial charge in [-0.2, -0.15) is 0 Å². The van der Waals surface area contributed by atoms with Crippen LogP contribution in [0.25, 0.3) is 0 Å². The lowest BCUT2D eigenvalue weighted by Crippen LogP contribution is -2.52. The molecular weight excluding hydrogens is 252 g/mol. The Balaban J connectivity index is 1.94. The molecule has 4 atom stereocenters. The van der Waals surface area contributed by atoms with Gasteiger partial charge >= 0.3 is 5.97 Å². The molecule has 0 aromatic carbocycles. The van der Waals surface area contributed by atoms with E-state index in [1.54, 1.807) is 27.7 Å². The lowest BCUT2D eigenvalue weighted by atomic mass is 10.1. The number of fused-ring (bicyclic) bond motifs is 1. The molecule has 0 amide bonds. The van der Waals surface area contributed by atoms with Gasteiger partial charge in [-0.3, -0.25) is 4.79 Å². The van der Waals surface area contributed by atoms with Gasteiger partial charge in [0, 0.05) is 0 Å². The minimum Gasteiger partial charge on any atom is -0.460 e. The quantitative estimate of drug-likeness (QED) is 0.744. The average Bonchev–Trinajstić information content (AvgIpc) is 2.56.